The molecule has 0 saturated carbocycles. The number of hydrogen-bond acceptors (Lipinski definition) is 4. The van der Waals surface area contributed by atoms with Crippen LogP contribution >= 0.6 is 24.0 Å². The van der Waals surface area contributed by atoms with E-state index >= 15 is 0 Å². The SMILES string of the molecule is Cc1ccc([N+](=O)[O-])cc1C(=O)N1CCNCC1c1cccc(Cl)c1.Cl. The van der Waals surface area contributed by atoms with Gasteiger partial charge in [0.15, 0.2) is 0 Å². The van der Waals surface area contributed by atoms with E-state index in [1.54, 1.807) is 24.0 Å². The van der Waals surface area contributed by atoms with Crippen molar-refractivity contribution in [1.82, 2.24) is 10.2 Å². The van der Waals surface area contributed by atoms with Crippen molar-refractivity contribution in [2.75, 3.05) is 19.6 Å². The molecule has 0 aromatic heterocycles. The van der Waals surface area contributed by atoms with Crippen LogP contribution in [0, 0.1) is 17.0 Å². The van der Waals surface area contributed by atoms with Crippen LogP contribution in [0.4, 0.5) is 5.69 Å². The Kier molecular flexibility index (Phi) is 6.58. The second-order valence-electron chi connectivity index (χ2n) is 6.03. The van der Waals surface area contributed by atoms with Gasteiger partial charge in [-0.2, -0.15) is 0 Å². The highest BCUT2D eigenvalue weighted by atomic mass is 35.5. The second-order valence-corrected chi connectivity index (χ2v) is 6.47. The molecule has 1 aliphatic rings. The smallest absolute Gasteiger partial charge is 0.270 e. The molecule has 1 N–H and O–H groups in total. The predicted octanol–water partition coefficient (Wildman–Crippen LogP) is 3.77. The lowest BCUT2D eigenvalue weighted by Crippen LogP contribution is -2.48. The van der Waals surface area contributed by atoms with Crippen LogP contribution in [0.5, 0.6) is 0 Å². The number of amides is 1. The average molecular weight is 396 g/mol. The molecule has 1 saturated heterocycles. The third-order valence-corrected chi connectivity index (χ3v) is 4.64. The van der Waals surface area contributed by atoms with Crippen LogP contribution in [-0.4, -0.2) is 35.4 Å². The maximum atomic E-state index is 13.1. The Morgan fingerprint density at radius 3 is 2.77 bits per heavy atom. The molecule has 0 bridgehead atoms. The molecular weight excluding hydrogens is 377 g/mol. The maximum absolute atomic E-state index is 13.1. The highest BCUT2D eigenvalue weighted by Gasteiger charge is 2.30. The van der Waals surface area contributed by atoms with Gasteiger partial charge in [-0.15, -0.1) is 12.4 Å². The first-order chi connectivity index (χ1) is 12.0. The van der Waals surface area contributed by atoms with Crippen LogP contribution in [0.15, 0.2) is 42.5 Å². The van der Waals surface area contributed by atoms with E-state index in [-0.39, 0.29) is 30.0 Å². The lowest BCUT2D eigenvalue weighted by Gasteiger charge is -2.37. The van der Waals surface area contributed by atoms with E-state index in [0.717, 1.165) is 11.1 Å². The number of aryl methyl sites for hydroxylation is 1. The van der Waals surface area contributed by atoms with E-state index in [2.05, 4.69) is 5.32 Å². The van der Waals surface area contributed by atoms with Crippen molar-refractivity contribution >= 4 is 35.6 Å². The van der Waals surface area contributed by atoms with E-state index in [9.17, 15) is 14.9 Å². The molecule has 2 aromatic rings. The Hall–Kier alpha value is -2.15. The summed E-state index contributed by atoms with van der Waals surface area (Å²) >= 11 is 6.09. The fraction of sp³-hybridized carbons (Fsp3) is 0.278. The summed E-state index contributed by atoms with van der Waals surface area (Å²) in [5, 5.41) is 14.9. The van der Waals surface area contributed by atoms with E-state index < -0.39 is 4.92 Å². The number of halogens is 2. The van der Waals surface area contributed by atoms with Crippen molar-refractivity contribution in [3.05, 3.63) is 74.3 Å². The number of carbonyl (C=O) groups is 1. The zero-order valence-electron chi connectivity index (χ0n) is 14.1. The van der Waals surface area contributed by atoms with Gasteiger partial charge in [0, 0.05) is 42.4 Å². The number of nitro groups is 1. The van der Waals surface area contributed by atoms with Gasteiger partial charge in [0.25, 0.3) is 11.6 Å². The van der Waals surface area contributed by atoms with Gasteiger partial charge < -0.3 is 10.2 Å². The molecule has 138 valence electrons. The highest BCUT2D eigenvalue weighted by molar-refractivity contribution is 6.30. The van der Waals surface area contributed by atoms with E-state index in [0.29, 0.717) is 30.2 Å². The standard InChI is InChI=1S/C18H18ClN3O3.ClH/c1-12-5-6-15(22(24)25)10-16(12)18(23)21-8-7-20-11-17(21)13-3-2-4-14(19)9-13;/h2-6,9-10,17,20H,7-8,11H2,1H3;1H. The summed E-state index contributed by atoms with van der Waals surface area (Å²) in [6, 6.07) is 11.6. The zero-order chi connectivity index (χ0) is 18.0. The van der Waals surface area contributed by atoms with Crippen molar-refractivity contribution in [1.29, 1.82) is 0 Å². The van der Waals surface area contributed by atoms with Crippen molar-refractivity contribution in [2.24, 2.45) is 0 Å². The summed E-state index contributed by atoms with van der Waals surface area (Å²) in [5.41, 5.74) is 1.95. The highest BCUT2D eigenvalue weighted by Crippen LogP contribution is 2.28. The van der Waals surface area contributed by atoms with Crippen molar-refractivity contribution in [3.63, 3.8) is 0 Å². The van der Waals surface area contributed by atoms with Gasteiger partial charge in [-0.3, -0.25) is 14.9 Å². The van der Waals surface area contributed by atoms with E-state index in [1.807, 2.05) is 18.2 Å². The monoisotopic (exact) mass is 395 g/mol. The lowest BCUT2D eigenvalue weighted by atomic mass is 10.00. The van der Waals surface area contributed by atoms with Gasteiger partial charge in [-0.1, -0.05) is 29.8 Å². The fourth-order valence-electron chi connectivity index (χ4n) is 3.07. The molecule has 6 nitrogen and oxygen atoms in total. The van der Waals surface area contributed by atoms with Gasteiger partial charge in [0.1, 0.15) is 0 Å². The molecule has 2 aromatic carbocycles. The Bertz CT molecular complexity index is 829. The minimum absolute atomic E-state index is 0. The number of benzene rings is 2. The van der Waals surface area contributed by atoms with Crippen LogP contribution in [0.3, 0.4) is 0 Å². The van der Waals surface area contributed by atoms with Gasteiger partial charge in [0.05, 0.1) is 11.0 Å². The molecule has 1 heterocycles. The summed E-state index contributed by atoms with van der Waals surface area (Å²) in [5.74, 6) is -0.201. The molecule has 8 heteroatoms. The van der Waals surface area contributed by atoms with Crippen LogP contribution in [-0.2, 0) is 0 Å². The van der Waals surface area contributed by atoms with Gasteiger partial charge >= 0.3 is 0 Å². The fourth-order valence-corrected chi connectivity index (χ4v) is 3.27. The van der Waals surface area contributed by atoms with Crippen LogP contribution < -0.4 is 5.32 Å². The number of rotatable bonds is 3. The van der Waals surface area contributed by atoms with Crippen molar-refractivity contribution in [2.45, 2.75) is 13.0 Å². The summed E-state index contributed by atoms with van der Waals surface area (Å²) in [6.45, 7) is 3.60. The number of hydrogen-bond donors (Lipinski definition) is 1. The molecule has 1 fully saturated rings. The Morgan fingerprint density at radius 2 is 2.08 bits per heavy atom. The number of non-ortho nitro benzene ring substituents is 1. The molecule has 1 atom stereocenters. The molecule has 0 aliphatic carbocycles. The molecule has 3 rings (SSSR count). The Morgan fingerprint density at radius 1 is 1.31 bits per heavy atom. The first-order valence-corrected chi connectivity index (χ1v) is 8.37. The topological polar surface area (TPSA) is 75.5 Å². The first kappa shape index (κ1) is 20.2. The number of carbonyl (C=O) groups excluding carboxylic acids is 1. The van der Waals surface area contributed by atoms with Crippen molar-refractivity contribution in [3.8, 4) is 0 Å². The van der Waals surface area contributed by atoms with E-state index in [1.165, 1.54) is 12.1 Å². The molecule has 26 heavy (non-hydrogen) atoms. The van der Waals surface area contributed by atoms with Crippen LogP contribution in [0.1, 0.15) is 27.5 Å². The van der Waals surface area contributed by atoms with Gasteiger partial charge in [-0.25, -0.2) is 0 Å². The number of piperazine rings is 1. The number of nitrogens with zero attached hydrogens (tertiary/aromatic N) is 2. The summed E-state index contributed by atoms with van der Waals surface area (Å²) in [4.78, 5) is 25.4. The van der Waals surface area contributed by atoms with Crippen molar-refractivity contribution < 1.29 is 9.72 Å². The number of nitro benzene ring substituents is 1. The average Bonchev–Trinajstić information content (AvgIpc) is 2.61. The van der Waals surface area contributed by atoms with Crippen LogP contribution in [0.25, 0.3) is 0 Å². The maximum Gasteiger partial charge on any atom is 0.270 e. The van der Waals surface area contributed by atoms with Gasteiger partial charge in [0.2, 0.25) is 0 Å². The molecule has 1 aliphatic heterocycles. The summed E-state index contributed by atoms with van der Waals surface area (Å²) in [6.07, 6.45) is 0. The summed E-state index contributed by atoms with van der Waals surface area (Å²) in [7, 11) is 0. The zero-order valence-corrected chi connectivity index (χ0v) is 15.7. The summed E-state index contributed by atoms with van der Waals surface area (Å²) < 4.78 is 0. The Labute approximate surface area is 162 Å². The molecule has 1 unspecified atom stereocenters. The van der Waals surface area contributed by atoms with E-state index in [4.69, 9.17) is 11.6 Å². The molecular formula is C18H19Cl2N3O3. The third kappa shape index (κ3) is 4.15. The predicted molar refractivity (Wildman–Crippen MR) is 103 cm³/mol. The second kappa shape index (κ2) is 8.49. The molecule has 0 radical (unpaired) electrons. The number of nitrogens with one attached hydrogen (secondary N) is 1. The molecule has 1 amide bonds. The van der Waals surface area contributed by atoms with Crippen LogP contribution in [0.2, 0.25) is 5.02 Å². The largest absolute Gasteiger partial charge is 0.329 e. The lowest BCUT2D eigenvalue weighted by molar-refractivity contribution is -0.384. The molecule has 0 spiro atoms. The Balaban J connectivity index is 0.00000243. The first-order valence-electron chi connectivity index (χ1n) is 7.99. The minimum atomic E-state index is -0.484. The minimum Gasteiger partial charge on any atom is -0.329 e. The third-order valence-electron chi connectivity index (χ3n) is 4.40. The quantitative estimate of drug-likeness (QED) is 0.633. The van der Waals surface area contributed by atoms with Gasteiger partial charge in [-0.05, 0) is 30.2 Å². The normalized spacial score (nSPS) is 16.7.